The summed E-state index contributed by atoms with van der Waals surface area (Å²) in [6.45, 7) is 2.27. The van der Waals surface area contributed by atoms with Crippen LogP contribution in [-0.2, 0) is 23.4 Å². The van der Waals surface area contributed by atoms with Crippen LogP contribution in [0.15, 0.2) is 48.0 Å². The van der Waals surface area contributed by atoms with Crippen molar-refractivity contribution in [1.82, 2.24) is 5.32 Å². The van der Waals surface area contributed by atoms with Gasteiger partial charge in [0, 0.05) is 15.9 Å². The highest BCUT2D eigenvalue weighted by atomic mass is 35.5. The van der Waals surface area contributed by atoms with Gasteiger partial charge >= 0.3 is 13.8 Å². The lowest BCUT2D eigenvalue weighted by Gasteiger charge is -2.21. The molecule has 2 unspecified atom stereocenters. The van der Waals surface area contributed by atoms with Gasteiger partial charge in [0.15, 0.2) is 5.66 Å². The van der Waals surface area contributed by atoms with E-state index < -0.39 is 44.0 Å². The van der Waals surface area contributed by atoms with Gasteiger partial charge in [0.25, 0.3) is 0 Å². The van der Waals surface area contributed by atoms with Crippen LogP contribution < -0.4 is 5.32 Å². The van der Waals surface area contributed by atoms with Crippen LogP contribution >= 0.6 is 42.1 Å². The number of fused-ring (bicyclic) bond motifs is 1. The maximum atomic E-state index is 13.4. The topological polar surface area (TPSA) is 111 Å². The Balaban J connectivity index is 1.86. The Morgan fingerprint density at radius 3 is 2.67 bits per heavy atom. The van der Waals surface area contributed by atoms with E-state index in [-0.39, 0.29) is 10.6 Å². The zero-order valence-electron chi connectivity index (χ0n) is 18.9. The normalized spacial score (nSPS) is 14.1. The van der Waals surface area contributed by atoms with E-state index in [0.717, 1.165) is 10.8 Å². The highest BCUT2D eigenvalue weighted by molar-refractivity contribution is 7.54. The predicted octanol–water partition coefficient (Wildman–Crippen LogP) is 6.90. The molecule has 3 aromatic rings. The van der Waals surface area contributed by atoms with E-state index in [0.29, 0.717) is 16.0 Å². The van der Waals surface area contributed by atoms with Crippen LogP contribution in [0.1, 0.15) is 30.6 Å². The molecule has 1 aromatic heterocycles. The molecule has 2 aromatic carbocycles. The Morgan fingerprint density at radius 1 is 1.22 bits per heavy atom. The number of carbonyl (C=O) groups is 2. The lowest BCUT2D eigenvalue weighted by atomic mass is 10.1. The van der Waals surface area contributed by atoms with Gasteiger partial charge in [-0.15, -0.1) is 11.3 Å². The number of thiophene rings is 1. The zero-order valence-corrected chi connectivity index (χ0v) is 22.2. The average molecular weight is 576 g/mol. The minimum absolute atomic E-state index is 0.104. The van der Waals surface area contributed by atoms with Gasteiger partial charge in [0.05, 0.1) is 11.1 Å². The average Bonchev–Trinajstić information content (AvgIpc) is 3.18. The summed E-state index contributed by atoms with van der Waals surface area (Å²) in [4.78, 5) is 35.5. The number of nitrogens with one attached hydrogen (secondary N) is 1. The van der Waals surface area contributed by atoms with Crippen molar-refractivity contribution >= 4 is 70.4 Å². The largest absolute Gasteiger partial charge is 0.510 e. The number of hydrogen-bond acceptors (Lipinski definition) is 7. The fraction of sp³-hybridized carbons (Fsp3) is 0.217. The molecule has 0 spiro atoms. The summed E-state index contributed by atoms with van der Waals surface area (Å²) >= 11 is 13.1. The number of rotatable bonds is 9. The quantitative estimate of drug-likeness (QED) is 0.162. The molecule has 0 fully saturated rings. The van der Waals surface area contributed by atoms with E-state index in [9.17, 15) is 23.4 Å². The summed E-state index contributed by atoms with van der Waals surface area (Å²) in [6, 6.07) is 8.87. The summed E-state index contributed by atoms with van der Waals surface area (Å²) in [5.41, 5.74) is -1.02. The number of amides is 1. The Morgan fingerprint density at radius 2 is 1.97 bits per heavy atom. The fourth-order valence-corrected chi connectivity index (χ4v) is 5.78. The van der Waals surface area contributed by atoms with E-state index >= 15 is 0 Å². The lowest BCUT2D eigenvalue weighted by Crippen LogP contribution is -2.26. The second kappa shape index (κ2) is 12.2. The first kappa shape index (κ1) is 28.1. The number of ether oxygens (including phenoxy) is 2. The van der Waals surface area contributed by atoms with Gasteiger partial charge in [0.1, 0.15) is 5.82 Å². The summed E-state index contributed by atoms with van der Waals surface area (Å²) in [5, 5.41) is 4.73. The van der Waals surface area contributed by atoms with Crippen LogP contribution in [0.4, 0.5) is 9.18 Å². The van der Waals surface area contributed by atoms with Crippen LogP contribution in [0.2, 0.25) is 10.0 Å². The summed E-state index contributed by atoms with van der Waals surface area (Å²) in [5.74, 6) is -1.48. The van der Waals surface area contributed by atoms with Crippen molar-refractivity contribution in [3.63, 3.8) is 0 Å². The van der Waals surface area contributed by atoms with Gasteiger partial charge in [-0.1, -0.05) is 29.3 Å². The van der Waals surface area contributed by atoms with Crippen LogP contribution in [-0.4, -0.2) is 29.9 Å². The van der Waals surface area contributed by atoms with Crippen molar-refractivity contribution in [3.05, 3.63) is 75.0 Å². The molecule has 0 saturated heterocycles. The molecule has 0 aliphatic rings. The third-order valence-corrected chi connectivity index (χ3v) is 7.77. The molecule has 192 valence electrons. The monoisotopic (exact) mass is 575 g/mol. The van der Waals surface area contributed by atoms with Gasteiger partial charge in [-0.3, -0.25) is 13.9 Å². The van der Waals surface area contributed by atoms with Crippen LogP contribution in [0.5, 0.6) is 0 Å². The van der Waals surface area contributed by atoms with Gasteiger partial charge in [-0.25, -0.2) is 9.18 Å². The lowest BCUT2D eigenvalue weighted by molar-refractivity contribution is -0.120. The molecule has 0 radical (unpaired) electrons. The highest BCUT2D eigenvalue weighted by Gasteiger charge is 2.41. The second-order valence-corrected chi connectivity index (χ2v) is 11.3. The molecular weight excluding hydrogens is 555 g/mol. The SMILES string of the molecule is CC(C)OC(=O)OCOP(=O)(O)C(C(=O)NC=Cc1ccc(F)c(Cl)c1)c1csc2ccc(Cl)cc12. The number of hydrogen-bond donors (Lipinski definition) is 2. The van der Waals surface area contributed by atoms with E-state index in [1.165, 1.54) is 35.7 Å². The minimum atomic E-state index is -4.77. The first-order valence-electron chi connectivity index (χ1n) is 10.4. The van der Waals surface area contributed by atoms with Crippen molar-refractivity contribution in [2.24, 2.45) is 0 Å². The molecule has 1 amide bonds. The molecule has 0 saturated carbocycles. The standard InChI is InChI=1S/C23H21Cl2FNO7PS/c1-13(2)34-23(29)32-12-33-35(30,31)21(17-11-36-20-6-4-15(24)10-16(17)20)22(28)27-8-7-14-3-5-19(26)18(25)9-14/h3-11,13,21H,12H2,1-2H3,(H,27,28)(H,30,31). The Bertz CT molecular complexity index is 1350. The Labute approximate surface area is 220 Å². The molecule has 2 N–H and O–H groups in total. The van der Waals surface area contributed by atoms with Crippen LogP contribution in [0.3, 0.4) is 0 Å². The highest BCUT2D eigenvalue weighted by Crippen LogP contribution is 2.58. The van der Waals surface area contributed by atoms with Crippen LogP contribution in [0, 0.1) is 5.82 Å². The molecule has 13 heteroatoms. The molecule has 0 aliphatic carbocycles. The molecule has 0 aliphatic heterocycles. The minimum Gasteiger partial charge on any atom is -0.432 e. The molecule has 3 rings (SSSR count). The smallest absolute Gasteiger partial charge is 0.432 e. The maximum Gasteiger partial charge on any atom is 0.510 e. The van der Waals surface area contributed by atoms with Crippen LogP contribution in [0.25, 0.3) is 16.2 Å². The summed E-state index contributed by atoms with van der Waals surface area (Å²) in [7, 11) is -4.77. The fourth-order valence-electron chi connectivity index (χ4n) is 3.06. The number of benzene rings is 2. The zero-order chi connectivity index (χ0) is 26.5. The predicted molar refractivity (Wildman–Crippen MR) is 137 cm³/mol. The summed E-state index contributed by atoms with van der Waals surface area (Å²) in [6.07, 6.45) is 1.08. The Hall–Kier alpha value is -2.46. The van der Waals surface area contributed by atoms with Gasteiger partial charge in [-0.05, 0) is 72.1 Å². The first-order valence-corrected chi connectivity index (χ1v) is 13.6. The molecule has 8 nitrogen and oxygen atoms in total. The molecule has 36 heavy (non-hydrogen) atoms. The molecular formula is C23H21Cl2FNO7PS. The van der Waals surface area contributed by atoms with Crippen molar-refractivity contribution in [3.8, 4) is 0 Å². The van der Waals surface area contributed by atoms with Crippen molar-refractivity contribution < 1.29 is 37.4 Å². The van der Waals surface area contributed by atoms with E-state index in [1.54, 1.807) is 37.4 Å². The Kier molecular flexibility index (Phi) is 9.52. The second-order valence-electron chi connectivity index (χ2n) is 7.62. The van der Waals surface area contributed by atoms with Crippen molar-refractivity contribution in [2.45, 2.75) is 25.6 Å². The van der Waals surface area contributed by atoms with Gasteiger partial charge < -0.3 is 19.7 Å². The van der Waals surface area contributed by atoms with E-state index in [4.69, 9.17) is 32.5 Å². The number of halogens is 3. The molecule has 1 heterocycles. The van der Waals surface area contributed by atoms with Crippen molar-refractivity contribution in [2.75, 3.05) is 6.79 Å². The van der Waals surface area contributed by atoms with Crippen molar-refractivity contribution in [1.29, 1.82) is 0 Å². The maximum absolute atomic E-state index is 13.4. The van der Waals surface area contributed by atoms with E-state index in [1.807, 2.05) is 0 Å². The molecule has 0 bridgehead atoms. The summed E-state index contributed by atoms with van der Waals surface area (Å²) < 4.78 is 41.8. The van der Waals surface area contributed by atoms with E-state index in [2.05, 4.69) is 10.1 Å². The first-order chi connectivity index (χ1) is 17.0. The van der Waals surface area contributed by atoms with Gasteiger partial charge in [-0.2, -0.15) is 0 Å². The third-order valence-electron chi connectivity index (χ3n) is 4.63. The third kappa shape index (κ3) is 7.29. The van der Waals surface area contributed by atoms with Gasteiger partial charge in [0.2, 0.25) is 12.7 Å². The molecule has 2 atom stereocenters. The number of carbonyl (C=O) groups excluding carboxylic acids is 2.